The van der Waals surface area contributed by atoms with Gasteiger partial charge in [0.25, 0.3) is 0 Å². The Labute approximate surface area is 114 Å². The van der Waals surface area contributed by atoms with E-state index in [0.717, 1.165) is 24.6 Å². The van der Waals surface area contributed by atoms with Gasteiger partial charge >= 0.3 is 0 Å². The lowest BCUT2D eigenvalue weighted by Gasteiger charge is -2.23. The third-order valence-corrected chi connectivity index (χ3v) is 3.15. The van der Waals surface area contributed by atoms with Crippen LogP contribution in [0.15, 0.2) is 35.3 Å². The predicted octanol–water partition coefficient (Wildman–Crippen LogP) is 1.94. The summed E-state index contributed by atoms with van der Waals surface area (Å²) in [7, 11) is 0. The van der Waals surface area contributed by atoms with Crippen molar-refractivity contribution in [3.63, 3.8) is 0 Å². The second kappa shape index (κ2) is 6.57. The van der Waals surface area contributed by atoms with E-state index in [0.29, 0.717) is 19.2 Å². The van der Waals surface area contributed by atoms with Crippen molar-refractivity contribution >= 4 is 5.84 Å². The van der Waals surface area contributed by atoms with E-state index in [1.54, 1.807) is 0 Å². The summed E-state index contributed by atoms with van der Waals surface area (Å²) < 4.78 is 5.56. The molecule has 104 valence electrons. The van der Waals surface area contributed by atoms with Gasteiger partial charge in [0.2, 0.25) is 0 Å². The van der Waals surface area contributed by atoms with Gasteiger partial charge in [-0.25, -0.2) is 0 Å². The number of β-amino-alcohol motifs (C(OH)–C–C–N with tert-alkyl or cyclic N) is 1. The third kappa shape index (κ3) is 3.96. The summed E-state index contributed by atoms with van der Waals surface area (Å²) in [5, 5.41) is 10.0. The van der Waals surface area contributed by atoms with Crippen molar-refractivity contribution in [2.45, 2.75) is 32.4 Å². The molecule has 1 aliphatic rings. The Morgan fingerprint density at radius 3 is 2.84 bits per heavy atom. The Balaban J connectivity index is 1.79. The SMILES string of the molecule is CCC1=NC(C)CN1CC(O)COc1ccccc1. The average molecular weight is 262 g/mol. The van der Waals surface area contributed by atoms with Crippen LogP contribution in [0.5, 0.6) is 5.75 Å². The number of para-hydroxylation sites is 1. The lowest BCUT2D eigenvalue weighted by Crippen LogP contribution is -2.38. The maximum Gasteiger partial charge on any atom is 0.119 e. The minimum absolute atomic E-state index is 0.311. The van der Waals surface area contributed by atoms with Gasteiger partial charge < -0.3 is 14.7 Å². The smallest absolute Gasteiger partial charge is 0.119 e. The first-order valence-electron chi connectivity index (χ1n) is 6.86. The first kappa shape index (κ1) is 13.9. The summed E-state index contributed by atoms with van der Waals surface area (Å²) in [4.78, 5) is 6.71. The molecule has 1 heterocycles. The summed E-state index contributed by atoms with van der Waals surface area (Å²) in [6.45, 7) is 5.99. The third-order valence-electron chi connectivity index (χ3n) is 3.15. The first-order chi connectivity index (χ1) is 9.19. The molecule has 0 aromatic heterocycles. The summed E-state index contributed by atoms with van der Waals surface area (Å²) in [6, 6.07) is 9.90. The highest BCUT2D eigenvalue weighted by Gasteiger charge is 2.22. The number of benzene rings is 1. The molecule has 4 nitrogen and oxygen atoms in total. The highest BCUT2D eigenvalue weighted by molar-refractivity contribution is 5.83. The van der Waals surface area contributed by atoms with Gasteiger partial charge in [0, 0.05) is 19.5 Å². The second-order valence-corrected chi connectivity index (χ2v) is 4.93. The zero-order valence-electron chi connectivity index (χ0n) is 11.6. The van der Waals surface area contributed by atoms with Gasteiger partial charge in [-0.2, -0.15) is 0 Å². The Hall–Kier alpha value is -1.55. The van der Waals surface area contributed by atoms with E-state index in [-0.39, 0.29) is 0 Å². The van der Waals surface area contributed by atoms with Crippen LogP contribution in [0.4, 0.5) is 0 Å². The Bertz CT molecular complexity index is 419. The molecule has 0 bridgehead atoms. The molecular weight excluding hydrogens is 240 g/mol. The van der Waals surface area contributed by atoms with E-state index in [4.69, 9.17) is 4.74 Å². The van der Waals surface area contributed by atoms with Crippen LogP contribution in [0.3, 0.4) is 0 Å². The van der Waals surface area contributed by atoms with Crippen molar-refractivity contribution < 1.29 is 9.84 Å². The second-order valence-electron chi connectivity index (χ2n) is 4.93. The van der Waals surface area contributed by atoms with Gasteiger partial charge in [0.1, 0.15) is 18.5 Å². The molecule has 0 saturated heterocycles. The van der Waals surface area contributed by atoms with Crippen LogP contribution in [0.25, 0.3) is 0 Å². The number of aliphatic imine (C=N–C) groups is 1. The van der Waals surface area contributed by atoms with Crippen LogP contribution in [0.1, 0.15) is 20.3 Å². The van der Waals surface area contributed by atoms with Gasteiger partial charge in [0.15, 0.2) is 0 Å². The lowest BCUT2D eigenvalue weighted by atomic mass is 10.3. The molecule has 1 aromatic carbocycles. The minimum atomic E-state index is -0.498. The molecule has 1 aromatic rings. The maximum atomic E-state index is 10.0. The normalized spacial score (nSPS) is 20.3. The van der Waals surface area contributed by atoms with Crippen LogP contribution in [-0.4, -0.2) is 47.7 Å². The van der Waals surface area contributed by atoms with Gasteiger partial charge in [0.05, 0.1) is 11.9 Å². The number of aliphatic hydroxyl groups excluding tert-OH is 1. The fourth-order valence-corrected chi connectivity index (χ4v) is 2.31. The fraction of sp³-hybridized carbons (Fsp3) is 0.533. The van der Waals surface area contributed by atoms with Crippen molar-refractivity contribution in [2.75, 3.05) is 19.7 Å². The number of aliphatic hydroxyl groups is 1. The number of hydrogen-bond donors (Lipinski definition) is 1. The van der Waals surface area contributed by atoms with Gasteiger partial charge in [-0.1, -0.05) is 25.1 Å². The van der Waals surface area contributed by atoms with E-state index in [1.807, 2.05) is 30.3 Å². The Morgan fingerprint density at radius 2 is 2.16 bits per heavy atom. The quantitative estimate of drug-likeness (QED) is 0.852. The number of amidine groups is 1. The topological polar surface area (TPSA) is 45.1 Å². The molecule has 0 amide bonds. The number of rotatable bonds is 6. The maximum absolute atomic E-state index is 10.0. The molecule has 19 heavy (non-hydrogen) atoms. The summed E-state index contributed by atoms with van der Waals surface area (Å²) in [5.74, 6) is 1.88. The molecule has 0 saturated carbocycles. The summed E-state index contributed by atoms with van der Waals surface area (Å²) >= 11 is 0. The average Bonchev–Trinajstić information content (AvgIpc) is 2.77. The molecule has 4 heteroatoms. The molecule has 1 aliphatic heterocycles. The molecule has 0 spiro atoms. The van der Waals surface area contributed by atoms with Crippen molar-refractivity contribution in [3.05, 3.63) is 30.3 Å². The predicted molar refractivity (Wildman–Crippen MR) is 76.7 cm³/mol. The molecule has 2 atom stereocenters. The summed E-state index contributed by atoms with van der Waals surface area (Å²) in [6.07, 6.45) is 0.415. The monoisotopic (exact) mass is 262 g/mol. The van der Waals surface area contributed by atoms with Gasteiger partial charge in [-0.3, -0.25) is 4.99 Å². The van der Waals surface area contributed by atoms with Crippen molar-refractivity contribution in [2.24, 2.45) is 4.99 Å². The van der Waals surface area contributed by atoms with Gasteiger partial charge in [-0.05, 0) is 19.1 Å². The van der Waals surface area contributed by atoms with Crippen LogP contribution in [0, 0.1) is 0 Å². The number of ether oxygens (including phenoxy) is 1. The van der Waals surface area contributed by atoms with Crippen LogP contribution >= 0.6 is 0 Å². The summed E-state index contributed by atoms with van der Waals surface area (Å²) in [5.41, 5.74) is 0. The van der Waals surface area contributed by atoms with Crippen LogP contribution in [-0.2, 0) is 0 Å². The van der Waals surface area contributed by atoms with E-state index in [9.17, 15) is 5.11 Å². The highest BCUT2D eigenvalue weighted by atomic mass is 16.5. The van der Waals surface area contributed by atoms with Crippen molar-refractivity contribution in [1.29, 1.82) is 0 Å². The number of hydrogen-bond acceptors (Lipinski definition) is 4. The lowest BCUT2D eigenvalue weighted by molar-refractivity contribution is 0.0877. The minimum Gasteiger partial charge on any atom is -0.491 e. The van der Waals surface area contributed by atoms with Crippen LogP contribution < -0.4 is 4.74 Å². The van der Waals surface area contributed by atoms with Gasteiger partial charge in [-0.15, -0.1) is 0 Å². The van der Waals surface area contributed by atoms with E-state index in [1.165, 1.54) is 0 Å². The molecule has 0 radical (unpaired) electrons. The first-order valence-corrected chi connectivity index (χ1v) is 6.86. The number of nitrogens with zero attached hydrogens (tertiary/aromatic N) is 2. The Kier molecular flexibility index (Phi) is 4.80. The molecule has 2 rings (SSSR count). The standard InChI is InChI=1S/C15H22N2O2/c1-3-15-16-12(2)9-17(15)10-13(18)11-19-14-7-5-4-6-8-14/h4-8,12-13,18H,3,9-11H2,1-2H3. The largest absolute Gasteiger partial charge is 0.491 e. The zero-order valence-corrected chi connectivity index (χ0v) is 11.6. The van der Waals surface area contributed by atoms with E-state index < -0.39 is 6.10 Å². The molecular formula is C15H22N2O2. The van der Waals surface area contributed by atoms with Crippen LogP contribution in [0.2, 0.25) is 0 Å². The Morgan fingerprint density at radius 1 is 1.42 bits per heavy atom. The molecule has 0 aliphatic carbocycles. The zero-order chi connectivity index (χ0) is 13.7. The highest BCUT2D eigenvalue weighted by Crippen LogP contribution is 2.13. The molecule has 1 N–H and O–H groups in total. The molecule has 2 unspecified atom stereocenters. The van der Waals surface area contributed by atoms with Crippen molar-refractivity contribution in [3.8, 4) is 5.75 Å². The van der Waals surface area contributed by atoms with Crippen molar-refractivity contribution in [1.82, 2.24) is 4.90 Å². The van der Waals surface area contributed by atoms with E-state index >= 15 is 0 Å². The van der Waals surface area contributed by atoms with E-state index in [2.05, 4.69) is 23.7 Å². The molecule has 0 fully saturated rings. The fourth-order valence-electron chi connectivity index (χ4n) is 2.31.